The molecule has 0 bridgehead atoms. The molecule has 130 valence electrons. The molecule has 2 aromatic heterocycles. The molecule has 25 heavy (non-hydrogen) atoms. The summed E-state index contributed by atoms with van der Waals surface area (Å²) in [5.41, 5.74) is 1.19. The summed E-state index contributed by atoms with van der Waals surface area (Å²) in [7, 11) is 1.96. The van der Waals surface area contributed by atoms with E-state index in [-0.39, 0.29) is 5.91 Å². The number of hydrogen-bond acceptors (Lipinski definition) is 4. The number of amides is 1. The first-order chi connectivity index (χ1) is 12.1. The molecule has 1 N–H and O–H groups in total. The van der Waals surface area contributed by atoms with Gasteiger partial charge in [0, 0.05) is 31.1 Å². The zero-order valence-corrected chi connectivity index (χ0v) is 14.6. The van der Waals surface area contributed by atoms with E-state index in [2.05, 4.69) is 15.5 Å². The number of para-hydroxylation sites is 1. The summed E-state index contributed by atoms with van der Waals surface area (Å²) in [5.74, 6) is 1.04. The minimum absolute atomic E-state index is 0.0823. The highest BCUT2D eigenvalue weighted by atomic mass is 16.5. The molecule has 6 heteroatoms. The van der Waals surface area contributed by atoms with Crippen LogP contribution in [0, 0.1) is 6.92 Å². The molecule has 0 atom stereocenters. The highest BCUT2D eigenvalue weighted by molar-refractivity contribution is 6.07. The molecule has 2 heterocycles. The number of hydrogen-bond donors (Lipinski definition) is 1. The molecular weight excluding hydrogens is 316 g/mol. The maximum atomic E-state index is 13.1. The number of carbonyl (C=O) groups is 1. The molecule has 0 saturated heterocycles. The summed E-state index contributed by atoms with van der Waals surface area (Å²) in [6, 6.07) is 7.94. The zero-order valence-electron chi connectivity index (χ0n) is 14.6. The number of aromatic nitrogens is 3. The average Bonchev–Trinajstić information content (AvgIpc) is 3.20. The summed E-state index contributed by atoms with van der Waals surface area (Å²) in [6.45, 7) is 1.78. The Bertz CT molecular complexity index is 919. The molecule has 6 nitrogen and oxygen atoms in total. The van der Waals surface area contributed by atoms with Crippen molar-refractivity contribution in [2.45, 2.75) is 44.6 Å². The summed E-state index contributed by atoms with van der Waals surface area (Å²) >= 11 is 0. The van der Waals surface area contributed by atoms with Crippen LogP contribution in [0.3, 0.4) is 0 Å². The minimum Gasteiger partial charge on any atom is -0.350 e. The van der Waals surface area contributed by atoms with E-state index in [0.717, 1.165) is 36.6 Å². The van der Waals surface area contributed by atoms with Gasteiger partial charge in [-0.3, -0.25) is 4.79 Å². The van der Waals surface area contributed by atoms with Crippen molar-refractivity contribution >= 4 is 16.8 Å². The maximum absolute atomic E-state index is 13.1. The first kappa shape index (κ1) is 15.9. The second kappa shape index (κ2) is 6.02. The fraction of sp³-hybridized carbons (Fsp3) is 0.421. The van der Waals surface area contributed by atoms with Crippen molar-refractivity contribution in [2.75, 3.05) is 0 Å². The first-order valence-electron chi connectivity index (χ1n) is 8.76. The van der Waals surface area contributed by atoms with Crippen molar-refractivity contribution in [1.82, 2.24) is 20.0 Å². The Morgan fingerprint density at radius 3 is 2.72 bits per heavy atom. The number of nitrogens with one attached hydrogen (secondary N) is 1. The monoisotopic (exact) mass is 338 g/mol. The molecule has 1 aliphatic rings. The highest BCUT2D eigenvalue weighted by Gasteiger charge is 2.40. The predicted octanol–water partition coefficient (Wildman–Crippen LogP) is 3.46. The summed E-state index contributed by atoms with van der Waals surface area (Å²) in [4.78, 5) is 17.5. The molecule has 4 rings (SSSR count). The van der Waals surface area contributed by atoms with Crippen LogP contribution in [0.4, 0.5) is 0 Å². The molecule has 1 aromatic carbocycles. The van der Waals surface area contributed by atoms with E-state index in [9.17, 15) is 4.79 Å². The van der Waals surface area contributed by atoms with Crippen molar-refractivity contribution in [1.29, 1.82) is 0 Å². The molecule has 1 aliphatic carbocycles. The lowest BCUT2D eigenvalue weighted by Gasteiger charge is -2.35. The molecule has 1 amide bonds. The molecule has 0 unspecified atom stereocenters. The largest absolute Gasteiger partial charge is 0.350 e. The van der Waals surface area contributed by atoms with Crippen LogP contribution in [0.2, 0.25) is 0 Å². The Morgan fingerprint density at radius 1 is 1.24 bits per heavy atom. The van der Waals surface area contributed by atoms with Crippen LogP contribution in [-0.2, 0) is 12.6 Å². The Balaban J connectivity index is 1.71. The van der Waals surface area contributed by atoms with E-state index < -0.39 is 5.54 Å². The standard InChI is InChI=1S/C19H22N4O2/c1-13-20-18(22-25-13)19(10-6-3-7-11-19)21-17(24)15-12-23(2)16-9-5-4-8-14(15)16/h4-5,8-9,12H,3,6-7,10-11H2,1-2H3,(H,21,24). The number of carbonyl (C=O) groups excluding carboxylic acids is 1. The number of aryl methyl sites for hydroxylation is 2. The van der Waals surface area contributed by atoms with Crippen LogP contribution in [0.1, 0.15) is 54.2 Å². The zero-order chi connectivity index (χ0) is 17.4. The smallest absolute Gasteiger partial charge is 0.254 e. The van der Waals surface area contributed by atoms with Crippen molar-refractivity contribution < 1.29 is 9.32 Å². The van der Waals surface area contributed by atoms with Gasteiger partial charge in [-0.1, -0.05) is 42.6 Å². The number of fused-ring (bicyclic) bond motifs is 1. The highest BCUT2D eigenvalue weighted by Crippen LogP contribution is 2.36. The lowest BCUT2D eigenvalue weighted by Crippen LogP contribution is -2.48. The van der Waals surface area contributed by atoms with Crippen LogP contribution in [-0.4, -0.2) is 20.6 Å². The summed E-state index contributed by atoms with van der Waals surface area (Å²) in [6.07, 6.45) is 6.82. The molecular formula is C19H22N4O2. The van der Waals surface area contributed by atoms with Crippen LogP contribution >= 0.6 is 0 Å². The van der Waals surface area contributed by atoms with E-state index >= 15 is 0 Å². The maximum Gasteiger partial charge on any atom is 0.254 e. The Hall–Kier alpha value is -2.63. The number of benzene rings is 1. The van der Waals surface area contributed by atoms with Crippen molar-refractivity contribution in [3.05, 3.63) is 47.7 Å². The molecule has 0 aliphatic heterocycles. The second-order valence-corrected chi connectivity index (χ2v) is 6.90. The van der Waals surface area contributed by atoms with Gasteiger partial charge < -0.3 is 14.4 Å². The van der Waals surface area contributed by atoms with E-state index in [1.165, 1.54) is 6.42 Å². The van der Waals surface area contributed by atoms with Gasteiger partial charge in [0.1, 0.15) is 5.54 Å². The van der Waals surface area contributed by atoms with Gasteiger partial charge in [-0.05, 0) is 18.9 Å². The van der Waals surface area contributed by atoms with Gasteiger partial charge in [-0.2, -0.15) is 4.98 Å². The van der Waals surface area contributed by atoms with Crippen molar-refractivity contribution in [3.8, 4) is 0 Å². The average molecular weight is 338 g/mol. The second-order valence-electron chi connectivity index (χ2n) is 6.90. The van der Waals surface area contributed by atoms with Gasteiger partial charge in [0.2, 0.25) is 5.89 Å². The fourth-order valence-corrected chi connectivity index (χ4v) is 3.86. The third-order valence-corrected chi connectivity index (χ3v) is 5.16. The van der Waals surface area contributed by atoms with E-state index in [1.807, 2.05) is 42.1 Å². The Kier molecular flexibility index (Phi) is 3.82. The van der Waals surface area contributed by atoms with Crippen molar-refractivity contribution in [3.63, 3.8) is 0 Å². The molecule has 0 radical (unpaired) electrons. The topological polar surface area (TPSA) is 73.0 Å². The van der Waals surface area contributed by atoms with E-state index in [4.69, 9.17) is 4.52 Å². The quantitative estimate of drug-likeness (QED) is 0.794. The van der Waals surface area contributed by atoms with Gasteiger partial charge in [0.05, 0.1) is 5.56 Å². The molecule has 1 saturated carbocycles. The molecule has 0 spiro atoms. The number of rotatable bonds is 3. The van der Waals surface area contributed by atoms with Crippen LogP contribution in [0.15, 0.2) is 35.0 Å². The van der Waals surface area contributed by atoms with Crippen LogP contribution in [0.25, 0.3) is 10.9 Å². The lowest BCUT2D eigenvalue weighted by atomic mass is 9.80. The van der Waals surface area contributed by atoms with Gasteiger partial charge >= 0.3 is 0 Å². The van der Waals surface area contributed by atoms with Gasteiger partial charge in [0.25, 0.3) is 5.91 Å². The van der Waals surface area contributed by atoms with Crippen molar-refractivity contribution in [2.24, 2.45) is 7.05 Å². The van der Waals surface area contributed by atoms with Gasteiger partial charge in [0.15, 0.2) is 5.82 Å². The predicted molar refractivity (Wildman–Crippen MR) is 94.2 cm³/mol. The Morgan fingerprint density at radius 2 is 2.00 bits per heavy atom. The Labute approximate surface area is 146 Å². The summed E-state index contributed by atoms with van der Waals surface area (Å²) in [5, 5.41) is 8.32. The van der Waals surface area contributed by atoms with E-state index in [0.29, 0.717) is 17.3 Å². The third-order valence-electron chi connectivity index (χ3n) is 5.16. The molecule has 3 aromatic rings. The van der Waals surface area contributed by atoms with E-state index in [1.54, 1.807) is 6.92 Å². The number of nitrogens with zero attached hydrogens (tertiary/aromatic N) is 3. The van der Waals surface area contributed by atoms with Crippen LogP contribution < -0.4 is 5.32 Å². The fourth-order valence-electron chi connectivity index (χ4n) is 3.86. The van der Waals surface area contributed by atoms with Crippen LogP contribution in [0.5, 0.6) is 0 Å². The van der Waals surface area contributed by atoms with Gasteiger partial charge in [-0.25, -0.2) is 0 Å². The molecule has 1 fully saturated rings. The SMILES string of the molecule is Cc1nc(C2(NC(=O)c3cn(C)c4ccccc34)CCCCC2)no1. The normalized spacial score (nSPS) is 16.9. The summed E-state index contributed by atoms with van der Waals surface area (Å²) < 4.78 is 7.17. The minimum atomic E-state index is -0.538. The lowest BCUT2D eigenvalue weighted by molar-refractivity contribution is 0.0857. The van der Waals surface area contributed by atoms with Gasteiger partial charge in [-0.15, -0.1) is 0 Å². The third kappa shape index (κ3) is 2.71. The first-order valence-corrected chi connectivity index (χ1v) is 8.76.